The number of imidazole rings is 1. The number of fused-ring (bicyclic) bond motifs is 1. The van der Waals surface area contributed by atoms with Gasteiger partial charge in [-0.3, -0.25) is 14.0 Å². The second kappa shape index (κ2) is 8.20. The van der Waals surface area contributed by atoms with E-state index in [2.05, 4.69) is 15.6 Å². The summed E-state index contributed by atoms with van der Waals surface area (Å²) in [6.45, 7) is 2.60. The number of rotatable bonds is 6. The zero-order valence-corrected chi connectivity index (χ0v) is 15.7. The molecule has 0 bridgehead atoms. The normalized spacial score (nSPS) is 10.8. The summed E-state index contributed by atoms with van der Waals surface area (Å²) in [4.78, 5) is 29.5. The summed E-state index contributed by atoms with van der Waals surface area (Å²) in [5.74, 6) is -0.687. The average Bonchev–Trinajstić information content (AvgIpc) is 3.05. The number of carbonyl (C=O) groups excluding carboxylic acids is 2. The van der Waals surface area contributed by atoms with Gasteiger partial charge in [0.1, 0.15) is 0 Å². The van der Waals surface area contributed by atoms with Gasteiger partial charge in [-0.25, -0.2) is 4.98 Å². The Balaban J connectivity index is 1.93. The molecule has 8 heteroatoms. The second-order valence-corrected chi connectivity index (χ2v) is 6.34. The third-order valence-electron chi connectivity index (χ3n) is 4.01. The molecule has 1 aromatic carbocycles. The summed E-state index contributed by atoms with van der Waals surface area (Å²) < 4.78 is 6.51. The summed E-state index contributed by atoms with van der Waals surface area (Å²) in [6, 6.07) is 10.5. The molecule has 0 radical (unpaired) electrons. The maximum atomic E-state index is 12.8. The Morgan fingerprint density at radius 2 is 2.04 bits per heavy atom. The maximum Gasteiger partial charge on any atom is 0.292 e. The molecule has 2 N–H and O–H groups in total. The number of nitrogens with one attached hydrogen (secondary N) is 2. The number of aromatic nitrogens is 2. The van der Waals surface area contributed by atoms with E-state index in [0.29, 0.717) is 29.4 Å². The minimum atomic E-state index is -0.433. The molecule has 140 valence electrons. The van der Waals surface area contributed by atoms with Crippen molar-refractivity contribution in [1.29, 1.82) is 0 Å². The molecule has 0 aliphatic carbocycles. The summed E-state index contributed by atoms with van der Waals surface area (Å²) >= 11 is 6.01. The number of aryl methyl sites for hydroxylation is 1. The minimum absolute atomic E-state index is 0.113. The van der Waals surface area contributed by atoms with Crippen LogP contribution in [0.5, 0.6) is 0 Å². The molecule has 27 heavy (non-hydrogen) atoms. The molecule has 0 fully saturated rings. The molecule has 7 nitrogen and oxygen atoms in total. The van der Waals surface area contributed by atoms with Crippen molar-refractivity contribution in [2.75, 3.05) is 25.6 Å². The van der Waals surface area contributed by atoms with Crippen molar-refractivity contribution in [3.05, 3.63) is 64.7 Å². The van der Waals surface area contributed by atoms with Crippen LogP contribution in [0.4, 0.5) is 5.69 Å². The first-order chi connectivity index (χ1) is 13.0. The first-order valence-corrected chi connectivity index (χ1v) is 8.71. The molecule has 3 aromatic rings. The Labute approximate surface area is 161 Å². The van der Waals surface area contributed by atoms with Gasteiger partial charge >= 0.3 is 0 Å². The summed E-state index contributed by atoms with van der Waals surface area (Å²) in [7, 11) is 1.55. The van der Waals surface area contributed by atoms with Crippen molar-refractivity contribution in [2.24, 2.45) is 0 Å². The highest BCUT2D eigenvalue weighted by Crippen LogP contribution is 2.21. The zero-order valence-electron chi connectivity index (χ0n) is 15.0. The van der Waals surface area contributed by atoms with Gasteiger partial charge in [0.25, 0.3) is 11.8 Å². The van der Waals surface area contributed by atoms with Crippen molar-refractivity contribution < 1.29 is 14.3 Å². The van der Waals surface area contributed by atoms with E-state index in [4.69, 9.17) is 16.3 Å². The first-order valence-electron chi connectivity index (χ1n) is 8.33. The number of nitrogens with zero attached hydrogens (tertiary/aromatic N) is 2. The number of pyridine rings is 1. The highest BCUT2D eigenvalue weighted by molar-refractivity contribution is 6.31. The molecule has 0 atom stereocenters. The van der Waals surface area contributed by atoms with Crippen LogP contribution in [0.1, 0.15) is 26.7 Å². The number of halogens is 1. The van der Waals surface area contributed by atoms with Gasteiger partial charge < -0.3 is 15.4 Å². The molecular formula is C19H19ClN4O3. The molecule has 2 aromatic heterocycles. The van der Waals surface area contributed by atoms with Crippen LogP contribution in [0.3, 0.4) is 0 Å². The fourth-order valence-corrected chi connectivity index (χ4v) is 2.79. The third kappa shape index (κ3) is 4.10. The lowest BCUT2D eigenvalue weighted by molar-refractivity contribution is 0.0934. The van der Waals surface area contributed by atoms with Gasteiger partial charge in [0.05, 0.1) is 12.1 Å². The number of benzene rings is 1. The van der Waals surface area contributed by atoms with Gasteiger partial charge in [-0.1, -0.05) is 23.7 Å². The highest BCUT2D eigenvalue weighted by atomic mass is 35.5. The van der Waals surface area contributed by atoms with Crippen molar-refractivity contribution in [3.63, 3.8) is 0 Å². The molecule has 0 aliphatic heterocycles. The molecule has 2 heterocycles. The Morgan fingerprint density at radius 3 is 2.81 bits per heavy atom. The Bertz CT molecular complexity index is 1000. The Kier molecular flexibility index (Phi) is 5.73. The molecular weight excluding hydrogens is 368 g/mol. The number of hydrogen-bond acceptors (Lipinski definition) is 4. The second-order valence-electron chi connectivity index (χ2n) is 5.90. The molecule has 3 rings (SSSR count). The number of hydrogen-bond donors (Lipinski definition) is 2. The Hall–Kier alpha value is -2.90. The topological polar surface area (TPSA) is 84.7 Å². The van der Waals surface area contributed by atoms with Gasteiger partial charge in [0.15, 0.2) is 5.69 Å². The van der Waals surface area contributed by atoms with Gasteiger partial charge in [0.2, 0.25) is 5.82 Å². The van der Waals surface area contributed by atoms with E-state index in [1.165, 1.54) is 0 Å². The van der Waals surface area contributed by atoms with Crippen LogP contribution in [-0.2, 0) is 4.74 Å². The minimum Gasteiger partial charge on any atom is -0.383 e. The van der Waals surface area contributed by atoms with Crippen LogP contribution < -0.4 is 10.6 Å². The molecule has 2 amide bonds. The summed E-state index contributed by atoms with van der Waals surface area (Å²) in [5.41, 5.74) is 2.18. The molecule has 0 saturated heterocycles. The monoisotopic (exact) mass is 386 g/mol. The van der Waals surface area contributed by atoms with E-state index in [0.717, 1.165) is 5.56 Å². The number of methoxy groups -OCH3 is 1. The van der Waals surface area contributed by atoms with Gasteiger partial charge in [0, 0.05) is 30.6 Å². The quantitative estimate of drug-likeness (QED) is 0.638. The lowest BCUT2D eigenvalue weighted by Crippen LogP contribution is -2.27. The SMILES string of the molecule is COCCNC(=O)c1nc(C(=O)Nc2cc(Cl)ccc2C)n2ccccc12. The zero-order chi connectivity index (χ0) is 19.4. The van der Waals surface area contributed by atoms with E-state index < -0.39 is 5.91 Å². The van der Waals surface area contributed by atoms with Crippen molar-refractivity contribution in [3.8, 4) is 0 Å². The van der Waals surface area contributed by atoms with Crippen LogP contribution >= 0.6 is 11.6 Å². The molecule has 0 saturated carbocycles. The molecule has 0 unspecified atom stereocenters. The van der Waals surface area contributed by atoms with E-state index in [1.54, 1.807) is 48.0 Å². The fourth-order valence-electron chi connectivity index (χ4n) is 2.62. The first kappa shape index (κ1) is 18.9. The largest absolute Gasteiger partial charge is 0.383 e. The summed E-state index contributed by atoms with van der Waals surface area (Å²) in [6.07, 6.45) is 1.69. The van der Waals surface area contributed by atoms with Crippen LogP contribution in [-0.4, -0.2) is 41.5 Å². The number of ether oxygens (including phenoxy) is 1. The fraction of sp³-hybridized carbons (Fsp3) is 0.211. The van der Waals surface area contributed by atoms with E-state index >= 15 is 0 Å². The van der Waals surface area contributed by atoms with Gasteiger partial charge in [-0.05, 0) is 36.8 Å². The number of amides is 2. The van der Waals surface area contributed by atoms with Crippen molar-refractivity contribution in [2.45, 2.75) is 6.92 Å². The predicted molar refractivity (Wildman–Crippen MR) is 104 cm³/mol. The van der Waals surface area contributed by atoms with Crippen molar-refractivity contribution >= 4 is 34.6 Å². The van der Waals surface area contributed by atoms with Crippen LogP contribution in [0.2, 0.25) is 5.02 Å². The van der Waals surface area contributed by atoms with Crippen molar-refractivity contribution in [1.82, 2.24) is 14.7 Å². The van der Waals surface area contributed by atoms with Gasteiger partial charge in [-0.2, -0.15) is 0 Å². The van der Waals surface area contributed by atoms with E-state index in [-0.39, 0.29) is 17.4 Å². The standard InChI is InChI=1S/C19H19ClN4O3/c1-12-6-7-13(20)11-14(12)22-19(26)17-23-16(18(25)21-8-10-27-2)15-5-3-4-9-24(15)17/h3-7,9,11H,8,10H2,1-2H3,(H,21,25)(H,22,26). The van der Waals surface area contributed by atoms with Crippen LogP contribution in [0, 0.1) is 6.92 Å². The van der Waals surface area contributed by atoms with E-state index in [1.807, 2.05) is 13.0 Å². The smallest absolute Gasteiger partial charge is 0.292 e. The maximum absolute atomic E-state index is 12.8. The van der Waals surface area contributed by atoms with Gasteiger partial charge in [-0.15, -0.1) is 0 Å². The van der Waals surface area contributed by atoms with E-state index in [9.17, 15) is 9.59 Å². The lowest BCUT2D eigenvalue weighted by atomic mass is 10.2. The molecule has 0 aliphatic rings. The lowest BCUT2D eigenvalue weighted by Gasteiger charge is -2.08. The van der Waals surface area contributed by atoms with Crippen LogP contribution in [0.25, 0.3) is 5.52 Å². The van der Waals surface area contributed by atoms with Crippen LogP contribution in [0.15, 0.2) is 42.6 Å². The molecule has 0 spiro atoms. The number of carbonyl (C=O) groups is 2. The Morgan fingerprint density at radius 1 is 1.22 bits per heavy atom. The highest BCUT2D eigenvalue weighted by Gasteiger charge is 2.21. The predicted octanol–water partition coefficient (Wildman–Crippen LogP) is 2.92. The third-order valence-corrected chi connectivity index (χ3v) is 4.24. The number of anilines is 1. The average molecular weight is 387 g/mol. The summed E-state index contributed by atoms with van der Waals surface area (Å²) in [5, 5.41) is 6.04.